The quantitative estimate of drug-likeness (QED) is 0.359. The first-order valence-electron chi connectivity index (χ1n) is 10.4. The second-order valence-electron chi connectivity index (χ2n) is 7.22. The van der Waals surface area contributed by atoms with Crippen LogP contribution in [0.1, 0.15) is 24.7 Å². The van der Waals surface area contributed by atoms with Crippen molar-refractivity contribution in [1.82, 2.24) is 29.9 Å². The van der Waals surface area contributed by atoms with E-state index in [1.54, 1.807) is 17.7 Å². The van der Waals surface area contributed by atoms with Crippen molar-refractivity contribution in [2.24, 2.45) is 4.99 Å². The summed E-state index contributed by atoms with van der Waals surface area (Å²) in [7, 11) is 2.10. The highest BCUT2D eigenvalue weighted by Crippen LogP contribution is 2.08. The Morgan fingerprint density at radius 2 is 2.21 bits per heavy atom. The Morgan fingerprint density at radius 3 is 2.97 bits per heavy atom. The molecule has 9 heteroatoms. The van der Waals surface area contributed by atoms with E-state index in [0.717, 1.165) is 83.7 Å². The van der Waals surface area contributed by atoms with Crippen molar-refractivity contribution in [2.75, 3.05) is 53.0 Å². The van der Waals surface area contributed by atoms with Crippen LogP contribution < -0.4 is 5.32 Å². The van der Waals surface area contributed by atoms with Gasteiger partial charge in [-0.2, -0.15) is 11.3 Å². The molecule has 2 aromatic rings. The van der Waals surface area contributed by atoms with Crippen molar-refractivity contribution < 1.29 is 4.74 Å². The molecule has 0 bridgehead atoms. The third kappa shape index (κ3) is 7.09. The third-order valence-electron chi connectivity index (χ3n) is 5.01. The molecule has 1 fully saturated rings. The van der Waals surface area contributed by atoms with Crippen molar-refractivity contribution in [3.8, 4) is 0 Å². The summed E-state index contributed by atoms with van der Waals surface area (Å²) in [4.78, 5) is 9.54. The van der Waals surface area contributed by atoms with Crippen LogP contribution in [-0.4, -0.2) is 83.5 Å². The zero-order chi connectivity index (χ0) is 20.3. The molecule has 3 rings (SSSR count). The highest BCUT2D eigenvalue weighted by molar-refractivity contribution is 7.07. The number of ether oxygens (including phenoxy) is 1. The fraction of sp³-hybridized carbons (Fsp3) is 0.650. The molecule has 2 aromatic heterocycles. The molecule has 0 aromatic carbocycles. The highest BCUT2D eigenvalue weighted by Gasteiger charge is 2.11. The Balaban J connectivity index is 1.51. The van der Waals surface area contributed by atoms with Crippen LogP contribution in [0, 0.1) is 0 Å². The van der Waals surface area contributed by atoms with E-state index in [9.17, 15) is 0 Å². The molecule has 0 unspecified atom stereocenters. The smallest absolute Gasteiger partial charge is 0.194 e. The van der Waals surface area contributed by atoms with Gasteiger partial charge in [0, 0.05) is 59.3 Å². The Morgan fingerprint density at radius 1 is 1.34 bits per heavy atom. The largest absolute Gasteiger partial charge is 0.379 e. The van der Waals surface area contributed by atoms with Gasteiger partial charge >= 0.3 is 0 Å². The summed E-state index contributed by atoms with van der Waals surface area (Å²) >= 11 is 1.73. The monoisotopic (exact) mass is 419 g/mol. The summed E-state index contributed by atoms with van der Waals surface area (Å²) in [5.41, 5.74) is 1.31. The summed E-state index contributed by atoms with van der Waals surface area (Å²) in [6, 6.07) is 2.17. The van der Waals surface area contributed by atoms with Crippen molar-refractivity contribution in [2.45, 2.75) is 32.9 Å². The molecule has 0 saturated carbocycles. The molecule has 8 nitrogen and oxygen atoms in total. The van der Waals surface area contributed by atoms with Gasteiger partial charge in [-0.15, -0.1) is 10.2 Å². The molecule has 3 heterocycles. The van der Waals surface area contributed by atoms with E-state index in [2.05, 4.69) is 60.7 Å². The molecule has 0 aliphatic carbocycles. The fourth-order valence-electron chi connectivity index (χ4n) is 3.37. The van der Waals surface area contributed by atoms with E-state index in [1.807, 2.05) is 0 Å². The zero-order valence-corrected chi connectivity index (χ0v) is 18.4. The second kappa shape index (κ2) is 11.9. The summed E-state index contributed by atoms with van der Waals surface area (Å²) in [6.45, 7) is 10.2. The molecule has 0 spiro atoms. The second-order valence-corrected chi connectivity index (χ2v) is 8.00. The van der Waals surface area contributed by atoms with Crippen LogP contribution >= 0.6 is 11.3 Å². The average molecular weight is 420 g/mol. The van der Waals surface area contributed by atoms with Crippen LogP contribution in [-0.2, 0) is 24.2 Å². The Kier molecular flexibility index (Phi) is 8.91. The van der Waals surface area contributed by atoms with Crippen molar-refractivity contribution >= 4 is 17.3 Å². The van der Waals surface area contributed by atoms with Gasteiger partial charge < -0.3 is 19.5 Å². The molecule has 0 amide bonds. The van der Waals surface area contributed by atoms with Gasteiger partial charge in [-0.1, -0.05) is 6.92 Å². The van der Waals surface area contributed by atoms with E-state index >= 15 is 0 Å². The van der Waals surface area contributed by atoms with Crippen LogP contribution in [0.15, 0.2) is 28.1 Å². The van der Waals surface area contributed by atoms with Crippen molar-refractivity contribution in [3.63, 3.8) is 0 Å². The molecule has 1 aliphatic heterocycles. The number of aliphatic imine (C=N–C) groups is 1. The van der Waals surface area contributed by atoms with Crippen LogP contribution in [0.3, 0.4) is 0 Å². The summed E-state index contributed by atoms with van der Waals surface area (Å²) in [5, 5.41) is 16.0. The molecular weight excluding hydrogens is 386 g/mol. The van der Waals surface area contributed by atoms with E-state index < -0.39 is 0 Å². The number of aromatic nitrogens is 3. The highest BCUT2D eigenvalue weighted by atomic mass is 32.1. The Bertz CT molecular complexity index is 725. The standard InChI is InChI=1S/C20H33N7OS/c1-3-19-24-23-17-27(19)9-7-22-20(25(2)15-18-5-14-29-16-18)21-6-4-8-26-10-12-28-13-11-26/h5,14,16-17H,3-4,6-13,15H2,1-2H3,(H,21,22). The molecular formula is C20H33N7OS. The van der Waals surface area contributed by atoms with Crippen LogP contribution in [0.5, 0.6) is 0 Å². The first kappa shape index (κ1) is 21.7. The predicted molar refractivity (Wildman–Crippen MR) is 117 cm³/mol. The Labute approximate surface area is 177 Å². The molecule has 1 N–H and O–H groups in total. The maximum absolute atomic E-state index is 5.42. The lowest BCUT2D eigenvalue weighted by Gasteiger charge is -2.26. The van der Waals surface area contributed by atoms with Gasteiger partial charge in [0.05, 0.1) is 13.2 Å². The number of thiophene rings is 1. The molecule has 160 valence electrons. The lowest BCUT2D eigenvalue weighted by Crippen LogP contribution is -2.40. The van der Waals surface area contributed by atoms with Crippen molar-refractivity contribution in [3.05, 3.63) is 34.5 Å². The minimum absolute atomic E-state index is 0.793. The summed E-state index contributed by atoms with van der Waals surface area (Å²) < 4.78 is 7.52. The van der Waals surface area contributed by atoms with Gasteiger partial charge in [0.1, 0.15) is 12.2 Å². The number of hydrogen-bond donors (Lipinski definition) is 1. The average Bonchev–Trinajstić information content (AvgIpc) is 3.42. The lowest BCUT2D eigenvalue weighted by atomic mass is 10.3. The number of aryl methyl sites for hydroxylation is 1. The fourth-order valence-corrected chi connectivity index (χ4v) is 4.03. The van der Waals surface area contributed by atoms with Gasteiger partial charge in [-0.05, 0) is 28.8 Å². The maximum atomic E-state index is 5.42. The molecule has 29 heavy (non-hydrogen) atoms. The first-order valence-corrected chi connectivity index (χ1v) is 11.4. The summed E-state index contributed by atoms with van der Waals surface area (Å²) in [5.74, 6) is 1.96. The van der Waals surface area contributed by atoms with Crippen LogP contribution in [0.2, 0.25) is 0 Å². The Hall–Kier alpha value is -1.97. The van der Waals surface area contributed by atoms with E-state index in [0.29, 0.717) is 0 Å². The minimum Gasteiger partial charge on any atom is -0.379 e. The molecule has 0 atom stereocenters. The number of hydrogen-bond acceptors (Lipinski definition) is 6. The van der Waals surface area contributed by atoms with E-state index in [4.69, 9.17) is 9.73 Å². The molecule has 1 aliphatic rings. The van der Waals surface area contributed by atoms with Gasteiger partial charge in [0.2, 0.25) is 0 Å². The number of nitrogens with zero attached hydrogens (tertiary/aromatic N) is 6. The number of nitrogens with one attached hydrogen (secondary N) is 1. The SMILES string of the molecule is CCc1nncn1CCNC(=NCCCN1CCOCC1)N(C)Cc1ccsc1. The topological polar surface area (TPSA) is 70.8 Å². The van der Waals surface area contributed by atoms with Crippen molar-refractivity contribution in [1.29, 1.82) is 0 Å². The first-order chi connectivity index (χ1) is 14.3. The number of morpholine rings is 1. The normalized spacial score (nSPS) is 15.6. The van der Waals surface area contributed by atoms with Gasteiger partial charge in [-0.3, -0.25) is 9.89 Å². The maximum Gasteiger partial charge on any atom is 0.194 e. The number of guanidine groups is 1. The molecule has 0 radical (unpaired) electrons. The van der Waals surface area contributed by atoms with Gasteiger partial charge in [0.25, 0.3) is 0 Å². The molecule has 1 saturated heterocycles. The minimum atomic E-state index is 0.793. The van der Waals surface area contributed by atoms with E-state index in [1.165, 1.54) is 5.56 Å². The van der Waals surface area contributed by atoms with Gasteiger partial charge in [0.15, 0.2) is 5.96 Å². The van der Waals surface area contributed by atoms with Crippen LogP contribution in [0.25, 0.3) is 0 Å². The lowest BCUT2D eigenvalue weighted by molar-refractivity contribution is 0.0377. The number of rotatable bonds is 10. The van der Waals surface area contributed by atoms with E-state index in [-0.39, 0.29) is 0 Å². The van der Waals surface area contributed by atoms with Crippen LogP contribution in [0.4, 0.5) is 0 Å². The predicted octanol–water partition coefficient (Wildman–Crippen LogP) is 1.70. The third-order valence-corrected chi connectivity index (χ3v) is 5.74. The summed E-state index contributed by atoms with van der Waals surface area (Å²) in [6.07, 6.45) is 3.75. The zero-order valence-electron chi connectivity index (χ0n) is 17.6. The van der Waals surface area contributed by atoms with Gasteiger partial charge in [-0.25, -0.2) is 0 Å².